The van der Waals surface area contributed by atoms with Crippen molar-refractivity contribution in [3.8, 4) is 0 Å². The normalized spacial score (nSPS) is 14.6. The Morgan fingerprint density at radius 1 is 0.926 bits per heavy atom. The minimum absolute atomic E-state index is 0.0600. The summed E-state index contributed by atoms with van der Waals surface area (Å²) in [6, 6.07) is 15.5. The lowest BCUT2D eigenvalue weighted by atomic mass is 9.84. The number of carbonyl (C=O) groups is 2. The van der Waals surface area contributed by atoms with E-state index in [2.05, 4.69) is 17.4 Å². The van der Waals surface area contributed by atoms with Crippen LogP contribution in [0.25, 0.3) is 0 Å². The molecule has 0 aromatic heterocycles. The summed E-state index contributed by atoms with van der Waals surface area (Å²) in [5, 5.41) is 2.93. The zero-order valence-corrected chi connectivity index (χ0v) is 16.2. The summed E-state index contributed by atoms with van der Waals surface area (Å²) < 4.78 is 0. The number of nitrogens with one attached hydrogen (secondary N) is 1. The van der Waals surface area contributed by atoms with Gasteiger partial charge in [0, 0.05) is 25.3 Å². The van der Waals surface area contributed by atoms with E-state index in [0.717, 1.165) is 11.3 Å². The Morgan fingerprint density at radius 2 is 1.56 bits per heavy atom. The lowest BCUT2D eigenvalue weighted by molar-refractivity contribution is -0.127. The highest BCUT2D eigenvalue weighted by molar-refractivity contribution is 6.04. The van der Waals surface area contributed by atoms with Crippen molar-refractivity contribution in [3.05, 3.63) is 65.2 Å². The Labute approximate surface area is 161 Å². The molecular weight excluding hydrogens is 336 g/mol. The monoisotopic (exact) mass is 364 g/mol. The topological polar surface area (TPSA) is 49.4 Å². The van der Waals surface area contributed by atoms with Gasteiger partial charge in [-0.25, -0.2) is 0 Å². The van der Waals surface area contributed by atoms with Crippen LogP contribution in [0.2, 0.25) is 0 Å². The van der Waals surface area contributed by atoms with E-state index in [1.54, 1.807) is 19.0 Å². The average molecular weight is 364 g/mol. The molecule has 27 heavy (non-hydrogen) atoms. The molecule has 0 radical (unpaired) electrons. The molecule has 4 nitrogen and oxygen atoms in total. The molecule has 0 heterocycles. The number of carbonyl (C=O) groups excluding carboxylic acids is 2. The molecule has 1 saturated carbocycles. The van der Waals surface area contributed by atoms with Crippen LogP contribution in [0.5, 0.6) is 0 Å². The number of anilines is 1. The fourth-order valence-corrected chi connectivity index (χ4v) is 3.58. The molecule has 3 rings (SSSR count). The van der Waals surface area contributed by atoms with E-state index in [1.807, 2.05) is 36.4 Å². The molecule has 2 aromatic carbocycles. The molecule has 0 atom stereocenters. The van der Waals surface area contributed by atoms with Gasteiger partial charge in [0.25, 0.3) is 5.91 Å². The third-order valence-corrected chi connectivity index (χ3v) is 5.32. The fourth-order valence-electron chi connectivity index (χ4n) is 3.58. The van der Waals surface area contributed by atoms with Crippen molar-refractivity contribution in [2.75, 3.05) is 19.4 Å². The molecule has 1 N–H and O–H groups in total. The van der Waals surface area contributed by atoms with E-state index in [-0.39, 0.29) is 11.8 Å². The highest BCUT2D eigenvalue weighted by Crippen LogP contribution is 2.32. The summed E-state index contributed by atoms with van der Waals surface area (Å²) in [6.07, 6.45) is 6.84. The molecule has 1 aliphatic carbocycles. The van der Waals surface area contributed by atoms with E-state index >= 15 is 0 Å². The maximum absolute atomic E-state index is 12.5. The summed E-state index contributed by atoms with van der Waals surface area (Å²) in [4.78, 5) is 25.8. The molecule has 1 fully saturated rings. The molecule has 0 unspecified atom stereocenters. The molecule has 0 spiro atoms. The van der Waals surface area contributed by atoms with Crippen LogP contribution in [0.15, 0.2) is 48.5 Å². The van der Waals surface area contributed by atoms with Crippen LogP contribution in [0.3, 0.4) is 0 Å². The van der Waals surface area contributed by atoms with Crippen LogP contribution in [-0.2, 0) is 11.2 Å². The van der Waals surface area contributed by atoms with Crippen molar-refractivity contribution in [1.82, 2.24) is 4.90 Å². The molecule has 2 amide bonds. The van der Waals surface area contributed by atoms with Gasteiger partial charge >= 0.3 is 0 Å². The van der Waals surface area contributed by atoms with Crippen LogP contribution < -0.4 is 5.32 Å². The summed E-state index contributed by atoms with van der Waals surface area (Å²) in [5.41, 5.74) is 3.68. The lowest BCUT2D eigenvalue weighted by Crippen LogP contribution is -2.23. The maximum atomic E-state index is 12.5. The van der Waals surface area contributed by atoms with Crippen LogP contribution in [0.1, 0.15) is 59.5 Å². The van der Waals surface area contributed by atoms with Gasteiger partial charge in [-0.15, -0.1) is 0 Å². The van der Waals surface area contributed by atoms with E-state index in [4.69, 9.17) is 0 Å². The number of nitrogens with zero attached hydrogens (tertiary/aromatic N) is 1. The van der Waals surface area contributed by atoms with Crippen molar-refractivity contribution in [3.63, 3.8) is 0 Å². The zero-order chi connectivity index (χ0) is 19.2. The first-order valence-corrected chi connectivity index (χ1v) is 9.73. The van der Waals surface area contributed by atoms with Gasteiger partial charge in [0.2, 0.25) is 5.91 Å². The van der Waals surface area contributed by atoms with Gasteiger partial charge in [0.05, 0.1) is 6.42 Å². The molecule has 2 aromatic rings. The standard InChI is InChI=1S/C23H28N2O2/c1-25(2)22(26)16-17-8-14-21(15-9-17)24-23(27)20-12-10-19(11-13-20)18-6-4-3-5-7-18/h8-15,18H,3-7,16H2,1-2H3,(H,24,27). The van der Waals surface area contributed by atoms with Gasteiger partial charge in [-0.3, -0.25) is 9.59 Å². The highest BCUT2D eigenvalue weighted by Gasteiger charge is 2.16. The molecule has 0 saturated heterocycles. The van der Waals surface area contributed by atoms with Crippen LogP contribution in [0, 0.1) is 0 Å². The van der Waals surface area contributed by atoms with Crippen molar-refractivity contribution < 1.29 is 9.59 Å². The van der Waals surface area contributed by atoms with Gasteiger partial charge < -0.3 is 10.2 Å². The molecule has 0 bridgehead atoms. The first-order valence-electron chi connectivity index (χ1n) is 9.73. The first-order chi connectivity index (χ1) is 13.0. The van der Waals surface area contributed by atoms with Crippen LogP contribution >= 0.6 is 0 Å². The van der Waals surface area contributed by atoms with Crippen molar-refractivity contribution >= 4 is 17.5 Å². The maximum Gasteiger partial charge on any atom is 0.255 e. The first kappa shape index (κ1) is 19.2. The number of hydrogen-bond acceptors (Lipinski definition) is 2. The Morgan fingerprint density at radius 3 is 2.15 bits per heavy atom. The third kappa shape index (κ3) is 5.19. The van der Waals surface area contributed by atoms with Crippen LogP contribution in [-0.4, -0.2) is 30.8 Å². The number of rotatable bonds is 5. The quantitative estimate of drug-likeness (QED) is 0.842. The Kier molecular flexibility index (Phi) is 6.28. The second kappa shape index (κ2) is 8.85. The number of likely N-dealkylation sites (N-methyl/N-ethyl adjacent to an activating group) is 1. The SMILES string of the molecule is CN(C)C(=O)Cc1ccc(NC(=O)c2ccc(C3CCCCC3)cc2)cc1. The van der Waals surface area contributed by atoms with E-state index in [1.165, 1.54) is 37.7 Å². The summed E-state index contributed by atoms with van der Waals surface area (Å²) in [5.74, 6) is 0.598. The Bertz CT molecular complexity index is 773. The minimum Gasteiger partial charge on any atom is -0.349 e. The summed E-state index contributed by atoms with van der Waals surface area (Å²) >= 11 is 0. The zero-order valence-electron chi connectivity index (χ0n) is 16.2. The molecule has 0 aliphatic heterocycles. The highest BCUT2D eigenvalue weighted by atomic mass is 16.2. The van der Waals surface area contributed by atoms with Crippen molar-refractivity contribution in [2.45, 2.75) is 44.4 Å². The Hall–Kier alpha value is -2.62. The van der Waals surface area contributed by atoms with Crippen LogP contribution in [0.4, 0.5) is 5.69 Å². The predicted octanol–water partition coefficient (Wildman–Crippen LogP) is 4.62. The smallest absolute Gasteiger partial charge is 0.255 e. The molecule has 142 valence electrons. The average Bonchev–Trinajstić information content (AvgIpc) is 2.70. The van der Waals surface area contributed by atoms with Crippen molar-refractivity contribution in [2.24, 2.45) is 0 Å². The van der Waals surface area contributed by atoms with Crippen molar-refractivity contribution in [1.29, 1.82) is 0 Å². The van der Waals surface area contributed by atoms with E-state index < -0.39 is 0 Å². The van der Waals surface area contributed by atoms with Gasteiger partial charge in [-0.05, 0) is 54.2 Å². The second-order valence-electron chi connectivity index (χ2n) is 7.57. The van der Waals surface area contributed by atoms with Gasteiger partial charge in [-0.1, -0.05) is 43.5 Å². The fraction of sp³-hybridized carbons (Fsp3) is 0.391. The number of hydrogen-bond donors (Lipinski definition) is 1. The summed E-state index contributed by atoms with van der Waals surface area (Å²) in [7, 11) is 3.49. The van der Waals surface area contributed by atoms with E-state index in [0.29, 0.717) is 17.9 Å². The largest absolute Gasteiger partial charge is 0.349 e. The number of amides is 2. The molecular formula is C23H28N2O2. The van der Waals surface area contributed by atoms with Gasteiger partial charge in [0.1, 0.15) is 0 Å². The summed E-state index contributed by atoms with van der Waals surface area (Å²) in [6.45, 7) is 0. The number of benzene rings is 2. The predicted molar refractivity (Wildman–Crippen MR) is 109 cm³/mol. The minimum atomic E-state index is -0.109. The second-order valence-corrected chi connectivity index (χ2v) is 7.57. The Balaban J connectivity index is 1.59. The third-order valence-electron chi connectivity index (χ3n) is 5.32. The van der Waals surface area contributed by atoms with Gasteiger partial charge in [0.15, 0.2) is 0 Å². The lowest BCUT2D eigenvalue weighted by Gasteiger charge is -2.22. The molecule has 1 aliphatic rings. The molecule has 4 heteroatoms. The van der Waals surface area contributed by atoms with E-state index in [9.17, 15) is 9.59 Å². The van der Waals surface area contributed by atoms with Gasteiger partial charge in [-0.2, -0.15) is 0 Å².